The van der Waals surface area contributed by atoms with Crippen molar-refractivity contribution in [2.24, 2.45) is 5.92 Å². The molecule has 0 bridgehead atoms. The molecule has 160 valence electrons. The van der Waals surface area contributed by atoms with Gasteiger partial charge in [-0.3, -0.25) is 9.59 Å². The van der Waals surface area contributed by atoms with Gasteiger partial charge in [0.15, 0.2) is 0 Å². The van der Waals surface area contributed by atoms with Crippen LogP contribution in [0.5, 0.6) is 5.75 Å². The van der Waals surface area contributed by atoms with Crippen LogP contribution in [-0.2, 0) is 0 Å². The van der Waals surface area contributed by atoms with Crippen LogP contribution in [0.25, 0.3) is 0 Å². The fraction of sp³-hybridized carbons (Fsp3) is 0.417. The lowest BCUT2D eigenvalue weighted by Crippen LogP contribution is -2.37. The number of unbranched alkanes of at least 4 members (excludes halogenated alkanes) is 1. The van der Waals surface area contributed by atoms with E-state index >= 15 is 0 Å². The van der Waals surface area contributed by atoms with Crippen LogP contribution in [0.3, 0.4) is 0 Å². The summed E-state index contributed by atoms with van der Waals surface area (Å²) in [5.41, 5.74) is 1.84. The molecule has 1 N–H and O–H groups in total. The number of nitrogens with zero attached hydrogens (tertiary/aromatic N) is 1. The Balaban J connectivity index is 1.59. The Kier molecular flexibility index (Phi) is 7.91. The van der Waals surface area contributed by atoms with Crippen molar-refractivity contribution >= 4 is 33.4 Å². The molecule has 30 heavy (non-hydrogen) atoms. The van der Waals surface area contributed by atoms with Gasteiger partial charge in [0.05, 0.1) is 11.1 Å². The van der Waals surface area contributed by atoms with Gasteiger partial charge in [0.1, 0.15) is 5.75 Å². The number of carbonyl (C=O) groups is 2. The zero-order valence-corrected chi connectivity index (χ0v) is 19.2. The van der Waals surface area contributed by atoms with Gasteiger partial charge in [0.2, 0.25) is 0 Å². The minimum Gasteiger partial charge on any atom is -0.492 e. The molecule has 1 aliphatic heterocycles. The topological polar surface area (TPSA) is 58.6 Å². The lowest BCUT2D eigenvalue weighted by molar-refractivity contribution is 0.0697. The Labute approximate surface area is 186 Å². The molecule has 0 aromatic heterocycles. The predicted octanol–water partition coefficient (Wildman–Crippen LogP) is 5.75. The van der Waals surface area contributed by atoms with Crippen LogP contribution in [0.4, 0.5) is 5.69 Å². The van der Waals surface area contributed by atoms with E-state index in [0.717, 1.165) is 49.0 Å². The van der Waals surface area contributed by atoms with Gasteiger partial charge in [-0.05, 0) is 83.6 Å². The number of carbonyl (C=O) groups excluding carboxylic acids is 2. The van der Waals surface area contributed by atoms with Gasteiger partial charge in [-0.1, -0.05) is 20.3 Å². The van der Waals surface area contributed by atoms with E-state index in [4.69, 9.17) is 4.74 Å². The number of halogens is 1. The standard InChI is InChI=1S/C24H29BrN2O3/c1-3-4-15-30-22-10-7-19(16-21(22)25)23(28)26-20-8-5-18(6-9-20)24(29)27-13-11-17(2)12-14-27/h5-10,16-17H,3-4,11-15H2,1-2H3,(H,26,28). The zero-order valence-electron chi connectivity index (χ0n) is 17.6. The molecule has 2 aromatic rings. The molecule has 5 nitrogen and oxygen atoms in total. The van der Waals surface area contributed by atoms with Crippen molar-refractivity contribution in [1.29, 1.82) is 0 Å². The van der Waals surface area contributed by atoms with Crippen LogP contribution in [0.15, 0.2) is 46.9 Å². The molecule has 1 aliphatic rings. The van der Waals surface area contributed by atoms with Crippen LogP contribution in [0.1, 0.15) is 60.2 Å². The van der Waals surface area contributed by atoms with Crippen LogP contribution < -0.4 is 10.1 Å². The van der Waals surface area contributed by atoms with Gasteiger partial charge in [0.25, 0.3) is 11.8 Å². The maximum Gasteiger partial charge on any atom is 0.255 e. The van der Waals surface area contributed by atoms with E-state index in [9.17, 15) is 9.59 Å². The first-order chi connectivity index (χ1) is 14.5. The molecule has 2 amide bonds. The van der Waals surface area contributed by atoms with Crippen LogP contribution in [0, 0.1) is 5.92 Å². The van der Waals surface area contributed by atoms with Gasteiger partial charge in [-0.25, -0.2) is 0 Å². The van der Waals surface area contributed by atoms with E-state index in [-0.39, 0.29) is 11.8 Å². The van der Waals surface area contributed by atoms with Gasteiger partial charge in [-0.15, -0.1) is 0 Å². The van der Waals surface area contributed by atoms with Crippen molar-refractivity contribution in [2.45, 2.75) is 39.5 Å². The molecule has 0 saturated carbocycles. The van der Waals surface area contributed by atoms with Crippen molar-refractivity contribution in [3.8, 4) is 5.75 Å². The SMILES string of the molecule is CCCCOc1ccc(C(=O)Nc2ccc(C(=O)N3CCC(C)CC3)cc2)cc1Br. The summed E-state index contributed by atoms with van der Waals surface area (Å²) in [6, 6.07) is 12.4. The Bertz CT molecular complexity index is 875. The van der Waals surface area contributed by atoms with Crippen LogP contribution in [-0.4, -0.2) is 36.4 Å². The van der Waals surface area contributed by atoms with Gasteiger partial charge < -0.3 is 15.0 Å². The maximum atomic E-state index is 12.6. The fourth-order valence-electron chi connectivity index (χ4n) is 3.38. The normalized spacial score (nSPS) is 14.4. The predicted molar refractivity (Wildman–Crippen MR) is 123 cm³/mol. The first kappa shape index (κ1) is 22.3. The minimum atomic E-state index is -0.208. The van der Waals surface area contributed by atoms with E-state index in [1.165, 1.54) is 0 Å². The average molecular weight is 473 g/mol. The van der Waals surface area contributed by atoms with Crippen molar-refractivity contribution in [1.82, 2.24) is 4.90 Å². The summed E-state index contributed by atoms with van der Waals surface area (Å²) in [5, 5.41) is 2.88. The summed E-state index contributed by atoms with van der Waals surface area (Å²) >= 11 is 3.47. The lowest BCUT2D eigenvalue weighted by Gasteiger charge is -2.30. The van der Waals surface area contributed by atoms with E-state index in [1.54, 1.807) is 42.5 Å². The number of likely N-dealkylation sites (tertiary alicyclic amines) is 1. The molecule has 0 spiro atoms. The zero-order chi connectivity index (χ0) is 21.5. The summed E-state index contributed by atoms with van der Waals surface area (Å²) in [7, 11) is 0. The number of piperidine rings is 1. The number of rotatable bonds is 7. The highest BCUT2D eigenvalue weighted by atomic mass is 79.9. The number of benzene rings is 2. The second-order valence-corrected chi connectivity index (χ2v) is 8.71. The molecule has 1 fully saturated rings. The summed E-state index contributed by atoms with van der Waals surface area (Å²) in [6.45, 7) is 6.62. The molecule has 0 radical (unpaired) electrons. The van der Waals surface area contributed by atoms with Gasteiger partial charge in [-0.2, -0.15) is 0 Å². The second-order valence-electron chi connectivity index (χ2n) is 7.85. The molecule has 1 saturated heterocycles. The first-order valence-corrected chi connectivity index (χ1v) is 11.4. The van der Waals surface area contributed by atoms with E-state index in [0.29, 0.717) is 29.3 Å². The lowest BCUT2D eigenvalue weighted by atomic mass is 9.98. The van der Waals surface area contributed by atoms with E-state index < -0.39 is 0 Å². The number of ether oxygens (including phenoxy) is 1. The van der Waals surface area contributed by atoms with Crippen molar-refractivity contribution in [2.75, 3.05) is 25.0 Å². The summed E-state index contributed by atoms with van der Waals surface area (Å²) in [4.78, 5) is 27.1. The third kappa shape index (κ3) is 5.85. The van der Waals surface area contributed by atoms with E-state index in [1.807, 2.05) is 4.90 Å². The first-order valence-electron chi connectivity index (χ1n) is 10.6. The Morgan fingerprint density at radius 2 is 1.77 bits per heavy atom. The Morgan fingerprint density at radius 1 is 1.10 bits per heavy atom. The molecule has 3 rings (SSSR count). The number of hydrogen-bond donors (Lipinski definition) is 1. The molecule has 1 heterocycles. The van der Waals surface area contributed by atoms with Gasteiger partial charge >= 0.3 is 0 Å². The molecule has 2 aromatic carbocycles. The van der Waals surface area contributed by atoms with Crippen LogP contribution >= 0.6 is 15.9 Å². The molecule has 0 aliphatic carbocycles. The molecule has 0 atom stereocenters. The van der Waals surface area contributed by atoms with Crippen molar-refractivity contribution in [3.63, 3.8) is 0 Å². The molecule has 0 unspecified atom stereocenters. The highest BCUT2D eigenvalue weighted by Gasteiger charge is 2.21. The number of anilines is 1. The average Bonchev–Trinajstić information content (AvgIpc) is 2.75. The fourth-order valence-corrected chi connectivity index (χ4v) is 3.87. The highest BCUT2D eigenvalue weighted by Crippen LogP contribution is 2.27. The third-order valence-corrected chi connectivity index (χ3v) is 6.03. The quantitative estimate of drug-likeness (QED) is 0.521. The third-order valence-electron chi connectivity index (χ3n) is 5.41. The summed E-state index contributed by atoms with van der Waals surface area (Å²) < 4.78 is 6.46. The van der Waals surface area contributed by atoms with Crippen molar-refractivity contribution in [3.05, 3.63) is 58.1 Å². The van der Waals surface area contributed by atoms with Crippen LogP contribution in [0.2, 0.25) is 0 Å². The highest BCUT2D eigenvalue weighted by molar-refractivity contribution is 9.10. The smallest absolute Gasteiger partial charge is 0.255 e. The Morgan fingerprint density at radius 3 is 2.40 bits per heavy atom. The molecular formula is C24H29BrN2O3. The molecule has 6 heteroatoms. The largest absolute Gasteiger partial charge is 0.492 e. The monoisotopic (exact) mass is 472 g/mol. The number of hydrogen-bond acceptors (Lipinski definition) is 3. The van der Waals surface area contributed by atoms with E-state index in [2.05, 4.69) is 35.1 Å². The minimum absolute atomic E-state index is 0.0577. The molecular weight excluding hydrogens is 444 g/mol. The van der Waals surface area contributed by atoms with Crippen molar-refractivity contribution < 1.29 is 14.3 Å². The summed E-state index contributed by atoms with van der Waals surface area (Å²) in [6.07, 6.45) is 4.17. The second kappa shape index (κ2) is 10.6. The summed E-state index contributed by atoms with van der Waals surface area (Å²) in [5.74, 6) is 1.26. The van der Waals surface area contributed by atoms with Gasteiger partial charge in [0, 0.05) is 29.9 Å². The number of amides is 2. The Hall–Kier alpha value is -2.34. The number of nitrogens with one attached hydrogen (secondary N) is 1. The maximum absolute atomic E-state index is 12.6.